The number of nitrogen functional groups attached to an aromatic ring is 1. The largest absolute Gasteiger partial charge is 0.480 e. The van der Waals surface area contributed by atoms with Gasteiger partial charge in [0.1, 0.15) is 5.69 Å². The highest BCUT2D eigenvalue weighted by molar-refractivity contribution is 5.90. The molecule has 2 aromatic rings. The van der Waals surface area contributed by atoms with Crippen LogP contribution in [0.15, 0.2) is 18.3 Å². The lowest BCUT2D eigenvalue weighted by Gasteiger charge is -2.30. The molecule has 0 atom stereocenters. The summed E-state index contributed by atoms with van der Waals surface area (Å²) in [5.74, 6) is 1.79. The molecule has 0 bridgehead atoms. The number of ether oxygens (including phenoxy) is 1. The van der Waals surface area contributed by atoms with Crippen LogP contribution in [0.1, 0.15) is 24.6 Å². The van der Waals surface area contributed by atoms with E-state index in [1.807, 2.05) is 0 Å². The number of carbonyl (C=O) groups is 1. The van der Waals surface area contributed by atoms with E-state index in [2.05, 4.69) is 20.4 Å². The van der Waals surface area contributed by atoms with Crippen molar-refractivity contribution in [1.82, 2.24) is 24.6 Å². The van der Waals surface area contributed by atoms with Crippen molar-refractivity contribution in [1.29, 1.82) is 0 Å². The smallest absolute Gasteiger partial charge is 0.321 e. The lowest BCUT2D eigenvalue weighted by molar-refractivity contribution is 0.193. The molecule has 3 rings (SSSR count). The Morgan fingerprint density at radius 3 is 2.79 bits per heavy atom. The molecule has 0 radical (unpaired) electrons. The Labute approximate surface area is 139 Å². The first-order chi connectivity index (χ1) is 11.6. The van der Waals surface area contributed by atoms with Crippen molar-refractivity contribution in [2.24, 2.45) is 7.05 Å². The summed E-state index contributed by atoms with van der Waals surface area (Å²) in [6, 6.07) is 3.35. The van der Waals surface area contributed by atoms with Crippen LogP contribution in [-0.2, 0) is 7.05 Å². The molecule has 1 fully saturated rings. The van der Waals surface area contributed by atoms with E-state index in [1.54, 1.807) is 35.0 Å². The maximum absolute atomic E-state index is 12.4. The summed E-state index contributed by atoms with van der Waals surface area (Å²) in [5, 5.41) is 7.17. The van der Waals surface area contributed by atoms with Gasteiger partial charge in [0.05, 0.1) is 7.11 Å². The number of aryl methyl sites for hydroxylation is 1. The summed E-state index contributed by atoms with van der Waals surface area (Å²) in [4.78, 5) is 22.5. The number of nitrogens with zero attached hydrogens (tertiary/aromatic N) is 5. The molecule has 3 heterocycles. The Bertz CT molecular complexity index is 703. The van der Waals surface area contributed by atoms with E-state index in [-0.39, 0.29) is 11.9 Å². The molecule has 9 heteroatoms. The predicted molar refractivity (Wildman–Crippen MR) is 88.8 cm³/mol. The number of amides is 2. The zero-order valence-electron chi connectivity index (χ0n) is 13.8. The first kappa shape index (κ1) is 16.0. The number of carbonyl (C=O) groups excluding carboxylic acids is 1. The summed E-state index contributed by atoms with van der Waals surface area (Å²) >= 11 is 0. The number of urea groups is 1. The number of aromatic nitrogens is 4. The van der Waals surface area contributed by atoms with Crippen LogP contribution in [0.3, 0.4) is 0 Å². The van der Waals surface area contributed by atoms with Gasteiger partial charge in [-0.2, -0.15) is 10.1 Å². The zero-order chi connectivity index (χ0) is 17.1. The molecule has 0 aliphatic carbocycles. The third kappa shape index (κ3) is 3.24. The van der Waals surface area contributed by atoms with Crippen LogP contribution in [0.4, 0.5) is 16.4 Å². The molecule has 0 saturated carbocycles. The highest BCUT2D eigenvalue weighted by atomic mass is 16.5. The van der Waals surface area contributed by atoms with Crippen LogP contribution in [0.2, 0.25) is 0 Å². The van der Waals surface area contributed by atoms with Gasteiger partial charge in [-0.05, 0) is 25.0 Å². The average molecular weight is 331 g/mol. The van der Waals surface area contributed by atoms with Gasteiger partial charge in [-0.3, -0.25) is 0 Å². The quantitative estimate of drug-likeness (QED) is 0.874. The van der Waals surface area contributed by atoms with Gasteiger partial charge in [0, 0.05) is 32.3 Å². The second-order valence-corrected chi connectivity index (χ2v) is 5.70. The van der Waals surface area contributed by atoms with E-state index in [0.717, 1.165) is 18.7 Å². The molecule has 3 N–H and O–H groups in total. The normalized spacial score (nSPS) is 15.3. The van der Waals surface area contributed by atoms with Gasteiger partial charge in [-0.1, -0.05) is 0 Å². The van der Waals surface area contributed by atoms with Gasteiger partial charge in [-0.25, -0.2) is 14.5 Å². The molecule has 1 aliphatic rings. The molecule has 2 amide bonds. The van der Waals surface area contributed by atoms with E-state index in [9.17, 15) is 4.79 Å². The number of nitrogens with two attached hydrogens (primary N) is 1. The van der Waals surface area contributed by atoms with E-state index in [0.29, 0.717) is 30.6 Å². The fraction of sp³-hybridized carbons (Fsp3) is 0.467. The number of nitrogens with one attached hydrogen (secondary N) is 1. The van der Waals surface area contributed by atoms with Crippen molar-refractivity contribution < 1.29 is 9.53 Å². The highest BCUT2D eigenvalue weighted by Crippen LogP contribution is 2.27. The van der Waals surface area contributed by atoms with Crippen LogP contribution in [-0.4, -0.2) is 50.9 Å². The Hall–Kier alpha value is -2.84. The maximum Gasteiger partial charge on any atom is 0.321 e. The molecule has 1 saturated heterocycles. The maximum atomic E-state index is 12.4. The molecule has 0 spiro atoms. The Kier molecular flexibility index (Phi) is 4.50. The van der Waals surface area contributed by atoms with E-state index in [4.69, 9.17) is 10.5 Å². The number of likely N-dealkylation sites (tertiary alicyclic amines) is 1. The molecule has 24 heavy (non-hydrogen) atoms. The molecule has 9 nitrogen and oxygen atoms in total. The number of hydrogen-bond donors (Lipinski definition) is 2. The molecule has 0 aromatic carbocycles. The van der Waals surface area contributed by atoms with Crippen LogP contribution < -0.4 is 15.8 Å². The second-order valence-electron chi connectivity index (χ2n) is 5.70. The predicted octanol–water partition coefficient (Wildman–Crippen LogP) is 1.21. The van der Waals surface area contributed by atoms with Gasteiger partial charge in [0.2, 0.25) is 11.8 Å². The molecule has 2 aromatic heterocycles. The average Bonchev–Trinajstić information content (AvgIpc) is 2.94. The number of anilines is 2. The van der Waals surface area contributed by atoms with E-state index >= 15 is 0 Å². The van der Waals surface area contributed by atoms with Gasteiger partial charge >= 0.3 is 6.03 Å². The monoisotopic (exact) mass is 331 g/mol. The minimum absolute atomic E-state index is 0.159. The molecule has 128 valence electrons. The number of methoxy groups -OCH3 is 1. The Morgan fingerprint density at radius 1 is 1.42 bits per heavy atom. The highest BCUT2D eigenvalue weighted by Gasteiger charge is 2.27. The Morgan fingerprint density at radius 2 is 2.17 bits per heavy atom. The number of hydrogen-bond acceptors (Lipinski definition) is 6. The lowest BCUT2D eigenvalue weighted by atomic mass is 9.96. The molecular formula is C15H21N7O2. The summed E-state index contributed by atoms with van der Waals surface area (Å²) in [7, 11) is 3.30. The molecule has 0 unspecified atom stereocenters. The summed E-state index contributed by atoms with van der Waals surface area (Å²) in [6.07, 6.45) is 3.23. The summed E-state index contributed by atoms with van der Waals surface area (Å²) < 4.78 is 6.72. The van der Waals surface area contributed by atoms with Crippen LogP contribution in [0, 0.1) is 0 Å². The van der Waals surface area contributed by atoms with Crippen molar-refractivity contribution in [2.45, 2.75) is 18.8 Å². The van der Waals surface area contributed by atoms with Crippen molar-refractivity contribution in [3.8, 4) is 5.88 Å². The van der Waals surface area contributed by atoms with Gasteiger partial charge < -0.3 is 20.7 Å². The van der Waals surface area contributed by atoms with Gasteiger partial charge in [0.25, 0.3) is 0 Å². The summed E-state index contributed by atoms with van der Waals surface area (Å²) in [5.41, 5.74) is 6.29. The molecule has 1 aliphatic heterocycles. The van der Waals surface area contributed by atoms with Crippen molar-refractivity contribution >= 4 is 17.7 Å². The van der Waals surface area contributed by atoms with Gasteiger partial charge in [-0.15, -0.1) is 0 Å². The second kappa shape index (κ2) is 6.73. The number of rotatable bonds is 3. The SMILES string of the molecule is COc1ncccc1NC(=O)N1CCC(c2nc(N)n(C)n2)CC1. The fourth-order valence-electron chi connectivity index (χ4n) is 2.77. The minimum Gasteiger partial charge on any atom is -0.480 e. The zero-order valence-corrected chi connectivity index (χ0v) is 13.8. The van der Waals surface area contributed by atoms with E-state index < -0.39 is 0 Å². The fourth-order valence-corrected chi connectivity index (χ4v) is 2.77. The summed E-state index contributed by atoms with van der Waals surface area (Å²) in [6.45, 7) is 1.27. The van der Waals surface area contributed by atoms with Gasteiger partial charge in [0.15, 0.2) is 5.82 Å². The van der Waals surface area contributed by atoms with Crippen molar-refractivity contribution in [3.05, 3.63) is 24.2 Å². The third-order valence-electron chi connectivity index (χ3n) is 4.17. The number of pyridine rings is 1. The molecular weight excluding hydrogens is 310 g/mol. The van der Waals surface area contributed by atoms with Crippen molar-refractivity contribution in [2.75, 3.05) is 31.2 Å². The Balaban J connectivity index is 1.59. The number of piperidine rings is 1. The van der Waals surface area contributed by atoms with Crippen molar-refractivity contribution in [3.63, 3.8) is 0 Å². The first-order valence-corrected chi connectivity index (χ1v) is 7.80. The van der Waals surface area contributed by atoms with E-state index in [1.165, 1.54) is 7.11 Å². The standard InChI is InChI=1S/C15H21N7O2/c1-21-14(16)19-12(20-21)10-5-8-22(9-6-10)15(23)18-11-4-3-7-17-13(11)24-2/h3-4,7,10H,5-6,8-9H2,1-2H3,(H,18,23)(H2,16,19,20). The minimum atomic E-state index is -0.159. The van der Waals surface area contributed by atoms with Crippen LogP contribution in [0.5, 0.6) is 5.88 Å². The van der Waals surface area contributed by atoms with Crippen LogP contribution >= 0.6 is 0 Å². The topological polar surface area (TPSA) is 111 Å². The lowest BCUT2D eigenvalue weighted by Crippen LogP contribution is -2.40. The van der Waals surface area contributed by atoms with Crippen LogP contribution in [0.25, 0.3) is 0 Å². The third-order valence-corrected chi connectivity index (χ3v) is 4.17. The first-order valence-electron chi connectivity index (χ1n) is 7.80.